The van der Waals surface area contributed by atoms with Crippen LogP contribution in [-0.2, 0) is 11.3 Å². The average molecular weight is 308 g/mol. The van der Waals surface area contributed by atoms with Gasteiger partial charge in [0.15, 0.2) is 0 Å². The maximum atomic E-state index is 12.2. The van der Waals surface area contributed by atoms with E-state index in [4.69, 9.17) is 0 Å². The van der Waals surface area contributed by atoms with Gasteiger partial charge in [-0.05, 0) is 37.6 Å². The van der Waals surface area contributed by atoms with E-state index in [0.29, 0.717) is 12.2 Å². The van der Waals surface area contributed by atoms with E-state index in [1.165, 1.54) is 6.20 Å². The summed E-state index contributed by atoms with van der Waals surface area (Å²) in [6.07, 6.45) is 4.67. The standard InChI is InChI=1S/C17H16N4O2/c1-3-21-10-12(9-19-21)16(22)17(23)20-14-7-6-11(2)15-13(14)5-4-8-18-15/h4-10H,3H2,1-2H3,(H,20,23). The Morgan fingerprint density at radius 1 is 1.26 bits per heavy atom. The zero-order valence-electron chi connectivity index (χ0n) is 12.9. The van der Waals surface area contributed by atoms with Crippen LogP contribution in [-0.4, -0.2) is 26.5 Å². The highest BCUT2D eigenvalue weighted by Gasteiger charge is 2.19. The lowest BCUT2D eigenvalue weighted by molar-refractivity contribution is -0.112. The Morgan fingerprint density at radius 3 is 2.83 bits per heavy atom. The van der Waals surface area contributed by atoms with E-state index in [2.05, 4.69) is 15.4 Å². The molecule has 116 valence electrons. The second-order valence-electron chi connectivity index (χ2n) is 5.20. The summed E-state index contributed by atoms with van der Waals surface area (Å²) in [6.45, 7) is 4.50. The van der Waals surface area contributed by atoms with E-state index in [-0.39, 0.29) is 5.56 Å². The molecule has 0 fully saturated rings. The molecule has 3 rings (SSSR count). The highest BCUT2D eigenvalue weighted by molar-refractivity contribution is 6.46. The van der Waals surface area contributed by atoms with E-state index in [9.17, 15) is 9.59 Å². The van der Waals surface area contributed by atoms with Crippen molar-refractivity contribution in [3.63, 3.8) is 0 Å². The van der Waals surface area contributed by atoms with Crippen molar-refractivity contribution in [3.05, 3.63) is 54.0 Å². The van der Waals surface area contributed by atoms with Crippen LogP contribution >= 0.6 is 0 Å². The molecular formula is C17H16N4O2. The van der Waals surface area contributed by atoms with Crippen molar-refractivity contribution in [3.8, 4) is 0 Å². The van der Waals surface area contributed by atoms with E-state index in [0.717, 1.165) is 16.5 Å². The van der Waals surface area contributed by atoms with E-state index in [1.807, 2.05) is 26.0 Å². The number of ketones is 1. The summed E-state index contributed by atoms with van der Waals surface area (Å²) in [6, 6.07) is 7.31. The number of anilines is 1. The fraction of sp³-hybridized carbons (Fsp3) is 0.176. The predicted octanol–water partition coefficient (Wildman–Crippen LogP) is 2.58. The molecule has 0 radical (unpaired) electrons. The van der Waals surface area contributed by atoms with Crippen LogP contribution in [0, 0.1) is 6.92 Å². The van der Waals surface area contributed by atoms with Gasteiger partial charge in [0.2, 0.25) is 0 Å². The molecule has 0 atom stereocenters. The van der Waals surface area contributed by atoms with Gasteiger partial charge in [0, 0.05) is 24.3 Å². The number of nitrogens with one attached hydrogen (secondary N) is 1. The second-order valence-corrected chi connectivity index (χ2v) is 5.20. The fourth-order valence-corrected chi connectivity index (χ4v) is 2.39. The third-order valence-electron chi connectivity index (χ3n) is 3.65. The van der Waals surface area contributed by atoms with Gasteiger partial charge in [-0.15, -0.1) is 0 Å². The van der Waals surface area contributed by atoms with Gasteiger partial charge in [0.1, 0.15) is 0 Å². The third kappa shape index (κ3) is 2.83. The molecule has 3 aromatic rings. The first-order chi connectivity index (χ1) is 11.1. The van der Waals surface area contributed by atoms with Gasteiger partial charge < -0.3 is 5.32 Å². The molecule has 6 heteroatoms. The normalized spacial score (nSPS) is 10.7. The first-order valence-electron chi connectivity index (χ1n) is 7.32. The van der Waals surface area contributed by atoms with Crippen LogP contribution in [0.5, 0.6) is 0 Å². The predicted molar refractivity (Wildman–Crippen MR) is 87.3 cm³/mol. The highest BCUT2D eigenvalue weighted by atomic mass is 16.2. The van der Waals surface area contributed by atoms with Gasteiger partial charge in [-0.2, -0.15) is 5.10 Å². The highest BCUT2D eigenvalue weighted by Crippen LogP contribution is 2.24. The first-order valence-corrected chi connectivity index (χ1v) is 7.32. The van der Waals surface area contributed by atoms with Crippen molar-refractivity contribution in [1.82, 2.24) is 14.8 Å². The van der Waals surface area contributed by atoms with Crippen LogP contribution in [0.25, 0.3) is 10.9 Å². The van der Waals surface area contributed by atoms with Crippen LogP contribution in [0.4, 0.5) is 5.69 Å². The molecule has 1 aromatic carbocycles. The molecule has 0 aliphatic heterocycles. The number of rotatable bonds is 4. The number of amides is 1. The van der Waals surface area contributed by atoms with Crippen LogP contribution in [0.15, 0.2) is 42.9 Å². The molecule has 0 aliphatic carbocycles. The summed E-state index contributed by atoms with van der Waals surface area (Å²) in [4.78, 5) is 28.7. The Balaban J connectivity index is 1.88. The molecular weight excluding hydrogens is 292 g/mol. The molecule has 0 saturated heterocycles. The lowest BCUT2D eigenvalue weighted by atomic mass is 10.1. The van der Waals surface area contributed by atoms with E-state index >= 15 is 0 Å². The second kappa shape index (κ2) is 6.00. The Hall–Kier alpha value is -3.02. The van der Waals surface area contributed by atoms with Crippen LogP contribution < -0.4 is 5.32 Å². The molecule has 6 nitrogen and oxygen atoms in total. The van der Waals surface area contributed by atoms with Gasteiger partial charge in [-0.3, -0.25) is 19.3 Å². The van der Waals surface area contributed by atoms with Crippen molar-refractivity contribution in [1.29, 1.82) is 0 Å². The average Bonchev–Trinajstić information content (AvgIpc) is 3.06. The number of nitrogens with zero attached hydrogens (tertiary/aromatic N) is 3. The van der Waals surface area contributed by atoms with Gasteiger partial charge in [-0.1, -0.05) is 6.07 Å². The monoisotopic (exact) mass is 308 g/mol. The number of hydrogen-bond donors (Lipinski definition) is 1. The summed E-state index contributed by atoms with van der Waals surface area (Å²) in [5, 5.41) is 7.49. The van der Waals surface area contributed by atoms with Crippen LogP contribution in [0.2, 0.25) is 0 Å². The molecule has 0 saturated carbocycles. The van der Waals surface area contributed by atoms with Crippen molar-refractivity contribution < 1.29 is 9.59 Å². The SMILES string of the molecule is CCn1cc(C(=O)C(=O)Nc2ccc(C)c3ncccc23)cn1. The Kier molecular flexibility index (Phi) is 3.89. The summed E-state index contributed by atoms with van der Waals surface area (Å²) in [5.41, 5.74) is 2.66. The van der Waals surface area contributed by atoms with Crippen molar-refractivity contribution in [2.24, 2.45) is 0 Å². The lowest BCUT2D eigenvalue weighted by Gasteiger charge is -2.09. The molecule has 0 unspecified atom stereocenters. The summed E-state index contributed by atoms with van der Waals surface area (Å²) in [7, 11) is 0. The maximum Gasteiger partial charge on any atom is 0.296 e. The molecule has 2 aromatic heterocycles. The van der Waals surface area contributed by atoms with Crippen molar-refractivity contribution in [2.45, 2.75) is 20.4 Å². The van der Waals surface area contributed by atoms with E-state index in [1.54, 1.807) is 29.2 Å². The van der Waals surface area contributed by atoms with Crippen molar-refractivity contribution >= 4 is 28.3 Å². The number of Topliss-reactive ketones (excluding diaryl/α,β-unsaturated/α-hetero) is 1. The molecule has 0 aliphatic rings. The zero-order valence-corrected chi connectivity index (χ0v) is 12.9. The van der Waals surface area contributed by atoms with E-state index < -0.39 is 11.7 Å². The minimum atomic E-state index is -0.686. The lowest BCUT2D eigenvalue weighted by Crippen LogP contribution is -2.22. The quantitative estimate of drug-likeness (QED) is 0.593. The number of aromatic nitrogens is 3. The number of carbonyl (C=O) groups excluding carboxylic acids is 2. The smallest absolute Gasteiger partial charge is 0.296 e. The topological polar surface area (TPSA) is 76.9 Å². The minimum Gasteiger partial charge on any atom is -0.318 e. The number of benzene rings is 1. The fourth-order valence-electron chi connectivity index (χ4n) is 2.39. The summed E-state index contributed by atoms with van der Waals surface area (Å²) < 4.78 is 1.60. The number of aryl methyl sites for hydroxylation is 2. The molecule has 2 heterocycles. The van der Waals surface area contributed by atoms with Crippen LogP contribution in [0.1, 0.15) is 22.8 Å². The number of pyridine rings is 1. The minimum absolute atomic E-state index is 0.277. The Morgan fingerprint density at radius 2 is 2.09 bits per heavy atom. The van der Waals surface area contributed by atoms with Crippen LogP contribution in [0.3, 0.4) is 0 Å². The largest absolute Gasteiger partial charge is 0.318 e. The van der Waals surface area contributed by atoms with Gasteiger partial charge in [0.05, 0.1) is 23.0 Å². The molecule has 1 amide bonds. The van der Waals surface area contributed by atoms with Gasteiger partial charge >= 0.3 is 0 Å². The third-order valence-corrected chi connectivity index (χ3v) is 3.65. The number of fused-ring (bicyclic) bond motifs is 1. The maximum absolute atomic E-state index is 12.2. The number of hydrogen-bond acceptors (Lipinski definition) is 4. The number of carbonyl (C=O) groups is 2. The van der Waals surface area contributed by atoms with Gasteiger partial charge in [0.25, 0.3) is 11.7 Å². The first kappa shape index (κ1) is 14.9. The Labute approximate surface area is 133 Å². The molecule has 23 heavy (non-hydrogen) atoms. The zero-order chi connectivity index (χ0) is 16.4. The van der Waals surface area contributed by atoms with Gasteiger partial charge in [-0.25, -0.2) is 0 Å². The molecule has 0 spiro atoms. The summed E-state index contributed by atoms with van der Waals surface area (Å²) in [5.74, 6) is -1.29. The molecule has 0 bridgehead atoms. The van der Waals surface area contributed by atoms with Crippen molar-refractivity contribution in [2.75, 3.05) is 5.32 Å². The molecule has 1 N–H and O–H groups in total. The Bertz CT molecular complexity index is 898. The summed E-state index contributed by atoms with van der Waals surface area (Å²) >= 11 is 0.